The Hall–Kier alpha value is -1.78. The van der Waals surface area contributed by atoms with E-state index in [2.05, 4.69) is 5.92 Å². The van der Waals surface area contributed by atoms with Crippen molar-refractivity contribution >= 4 is 10.8 Å². The Morgan fingerprint density at radius 2 is 1.87 bits per heavy atom. The molecule has 0 fully saturated rings. The van der Waals surface area contributed by atoms with E-state index in [1.807, 2.05) is 42.5 Å². The lowest BCUT2D eigenvalue weighted by Gasteiger charge is -2.10. The predicted octanol–water partition coefficient (Wildman–Crippen LogP) is 2.55. The van der Waals surface area contributed by atoms with E-state index in [9.17, 15) is 5.11 Å². The maximum atomic E-state index is 9.20. The van der Waals surface area contributed by atoms with E-state index in [0.29, 0.717) is 0 Å². The van der Waals surface area contributed by atoms with Crippen LogP contribution >= 0.6 is 0 Å². The van der Waals surface area contributed by atoms with E-state index in [0.717, 1.165) is 16.3 Å². The van der Waals surface area contributed by atoms with Gasteiger partial charge in [-0.3, -0.25) is 0 Å². The molecule has 1 atom stereocenters. The SMILES string of the molecule is C#CC(CO)c1cccc2ccccc12. The Bertz CT molecular complexity index is 503. The number of aliphatic hydroxyl groups is 1. The smallest absolute Gasteiger partial charge is 0.0686 e. The van der Waals surface area contributed by atoms with Crippen molar-refractivity contribution in [2.24, 2.45) is 0 Å². The van der Waals surface area contributed by atoms with Crippen LogP contribution in [0.5, 0.6) is 0 Å². The minimum atomic E-state index is -0.212. The van der Waals surface area contributed by atoms with E-state index in [-0.39, 0.29) is 12.5 Å². The zero-order chi connectivity index (χ0) is 10.7. The van der Waals surface area contributed by atoms with Gasteiger partial charge in [0, 0.05) is 0 Å². The van der Waals surface area contributed by atoms with Crippen LogP contribution in [0, 0.1) is 12.3 Å². The van der Waals surface area contributed by atoms with Crippen molar-refractivity contribution in [1.29, 1.82) is 0 Å². The third kappa shape index (κ3) is 1.72. The zero-order valence-electron chi connectivity index (χ0n) is 8.35. The second-order valence-electron chi connectivity index (χ2n) is 3.47. The highest BCUT2D eigenvalue weighted by molar-refractivity contribution is 5.86. The third-order valence-corrected chi connectivity index (χ3v) is 2.58. The van der Waals surface area contributed by atoms with Gasteiger partial charge in [-0.25, -0.2) is 0 Å². The molecule has 0 heterocycles. The van der Waals surface area contributed by atoms with Crippen LogP contribution in [0.15, 0.2) is 42.5 Å². The minimum absolute atomic E-state index is 0.00942. The molecule has 1 unspecified atom stereocenters. The molecule has 15 heavy (non-hydrogen) atoms. The van der Waals surface area contributed by atoms with Crippen molar-refractivity contribution in [1.82, 2.24) is 0 Å². The number of rotatable bonds is 2. The van der Waals surface area contributed by atoms with Crippen molar-refractivity contribution in [3.63, 3.8) is 0 Å². The summed E-state index contributed by atoms with van der Waals surface area (Å²) in [5.74, 6) is 2.40. The first-order chi connectivity index (χ1) is 7.36. The molecule has 0 saturated heterocycles. The first-order valence-electron chi connectivity index (χ1n) is 4.91. The highest BCUT2D eigenvalue weighted by Crippen LogP contribution is 2.24. The maximum Gasteiger partial charge on any atom is 0.0686 e. The predicted molar refractivity (Wildman–Crippen MR) is 62.6 cm³/mol. The molecule has 0 bridgehead atoms. The Morgan fingerprint density at radius 1 is 1.13 bits per heavy atom. The minimum Gasteiger partial charge on any atom is -0.395 e. The molecule has 1 N–H and O–H groups in total. The summed E-state index contributed by atoms with van der Waals surface area (Å²) in [7, 11) is 0. The average molecular weight is 196 g/mol. The van der Waals surface area contributed by atoms with E-state index < -0.39 is 0 Å². The fourth-order valence-electron chi connectivity index (χ4n) is 1.80. The summed E-state index contributed by atoms with van der Waals surface area (Å²) < 4.78 is 0. The van der Waals surface area contributed by atoms with Crippen molar-refractivity contribution < 1.29 is 5.11 Å². The first-order valence-corrected chi connectivity index (χ1v) is 4.91. The van der Waals surface area contributed by atoms with Gasteiger partial charge in [0.15, 0.2) is 0 Å². The van der Waals surface area contributed by atoms with Crippen molar-refractivity contribution in [3.8, 4) is 12.3 Å². The van der Waals surface area contributed by atoms with Crippen molar-refractivity contribution in [2.45, 2.75) is 5.92 Å². The zero-order valence-corrected chi connectivity index (χ0v) is 8.35. The quantitative estimate of drug-likeness (QED) is 0.732. The van der Waals surface area contributed by atoms with Crippen molar-refractivity contribution in [2.75, 3.05) is 6.61 Å². The van der Waals surface area contributed by atoms with Gasteiger partial charge < -0.3 is 5.11 Å². The molecule has 2 aromatic carbocycles. The fraction of sp³-hybridized carbons (Fsp3) is 0.143. The Balaban J connectivity index is 2.66. The highest BCUT2D eigenvalue weighted by atomic mass is 16.3. The van der Waals surface area contributed by atoms with E-state index in [4.69, 9.17) is 6.42 Å². The van der Waals surface area contributed by atoms with Gasteiger partial charge >= 0.3 is 0 Å². The van der Waals surface area contributed by atoms with Crippen LogP contribution < -0.4 is 0 Å². The second kappa shape index (κ2) is 4.16. The summed E-state index contributed by atoms with van der Waals surface area (Å²) in [4.78, 5) is 0. The summed E-state index contributed by atoms with van der Waals surface area (Å²) in [5, 5.41) is 11.5. The number of benzene rings is 2. The van der Waals surface area contributed by atoms with Crippen LogP contribution in [0.3, 0.4) is 0 Å². The summed E-state index contributed by atoms with van der Waals surface area (Å²) >= 11 is 0. The van der Waals surface area contributed by atoms with Gasteiger partial charge in [-0.05, 0) is 16.3 Å². The van der Waals surface area contributed by atoms with Gasteiger partial charge in [-0.2, -0.15) is 0 Å². The molecule has 0 aliphatic rings. The molecule has 0 aliphatic carbocycles. The molecule has 2 aromatic rings. The largest absolute Gasteiger partial charge is 0.395 e. The van der Waals surface area contributed by atoms with Crippen molar-refractivity contribution in [3.05, 3.63) is 48.0 Å². The van der Waals surface area contributed by atoms with Crippen LogP contribution in [-0.4, -0.2) is 11.7 Å². The second-order valence-corrected chi connectivity index (χ2v) is 3.47. The van der Waals surface area contributed by atoms with Crippen LogP contribution in [-0.2, 0) is 0 Å². The summed E-state index contributed by atoms with van der Waals surface area (Å²) in [6.07, 6.45) is 5.40. The van der Waals surface area contributed by atoms with Gasteiger partial charge in [0.05, 0.1) is 12.5 Å². The summed E-state index contributed by atoms with van der Waals surface area (Å²) in [5.41, 5.74) is 1.03. The molecule has 0 saturated carbocycles. The topological polar surface area (TPSA) is 20.2 Å². The molecule has 2 rings (SSSR count). The normalized spacial score (nSPS) is 12.3. The molecule has 0 radical (unpaired) electrons. The summed E-state index contributed by atoms with van der Waals surface area (Å²) in [6, 6.07) is 14.0. The number of hydrogen-bond donors (Lipinski definition) is 1. The summed E-state index contributed by atoms with van der Waals surface area (Å²) in [6.45, 7) is -0.00942. The molecular weight excluding hydrogens is 184 g/mol. The molecule has 1 heteroatoms. The molecule has 0 spiro atoms. The lowest BCUT2D eigenvalue weighted by atomic mass is 9.95. The van der Waals surface area contributed by atoms with Gasteiger partial charge in [0.1, 0.15) is 0 Å². The van der Waals surface area contributed by atoms with Crippen LogP contribution in [0.25, 0.3) is 10.8 Å². The lowest BCUT2D eigenvalue weighted by molar-refractivity contribution is 0.287. The molecular formula is C14H12O. The average Bonchev–Trinajstić information content (AvgIpc) is 2.31. The van der Waals surface area contributed by atoms with Crippen LogP contribution in [0.1, 0.15) is 11.5 Å². The monoisotopic (exact) mass is 196 g/mol. The molecule has 0 amide bonds. The first kappa shape index (κ1) is 9.76. The Labute approximate surface area is 89.4 Å². The lowest BCUT2D eigenvalue weighted by Crippen LogP contribution is -2.01. The number of terminal acetylenes is 1. The fourth-order valence-corrected chi connectivity index (χ4v) is 1.80. The van der Waals surface area contributed by atoms with Crippen LogP contribution in [0.4, 0.5) is 0 Å². The Kier molecular flexibility index (Phi) is 2.71. The number of aliphatic hydroxyl groups excluding tert-OH is 1. The number of fused-ring (bicyclic) bond motifs is 1. The van der Waals surface area contributed by atoms with Crippen LogP contribution in [0.2, 0.25) is 0 Å². The van der Waals surface area contributed by atoms with E-state index in [1.165, 1.54) is 0 Å². The maximum absolute atomic E-state index is 9.20. The number of hydrogen-bond acceptors (Lipinski definition) is 1. The van der Waals surface area contributed by atoms with Gasteiger partial charge in [0.2, 0.25) is 0 Å². The van der Waals surface area contributed by atoms with Gasteiger partial charge in [-0.15, -0.1) is 6.42 Å². The molecule has 0 aliphatic heterocycles. The van der Waals surface area contributed by atoms with E-state index in [1.54, 1.807) is 0 Å². The van der Waals surface area contributed by atoms with Gasteiger partial charge in [0.25, 0.3) is 0 Å². The molecule has 74 valence electrons. The Morgan fingerprint density at radius 3 is 2.60 bits per heavy atom. The highest BCUT2D eigenvalue weighted by Gasteiger charge is 2.09. The third-order valence-electron chi connectivity index (χ3n) is 2.58. The molecule has 1 nitrogen and oxygen atoms in total. The van der Waals surface area contributed by atoms with E-state index >= 15 is 0 Å². The van der Waals surface area contributed by atoms with Gasteiger partial charge in [-0.1, -0.05) is 48.4 Å². The standard InChI is InChI=1S/C14H12O/c1-2-11(10-15)13-9-5-7-12-6-3-4-8-14(12)13/h1,3-9,11,15H,10H2. The molecule has 0 aromatic heterocycles.